The second kappa shape index (κ2) is 8.19. The molecule has 5 nitrogen and oxygen atoms in total. The Balaban J connectivity index is 1.65. The van der Waals surface area contributed by atoms with Gasteiger partial charge in [0, 0.05) is 25.7 Å². The fourth-order valence-electron chi connectivity index (χ4n) is 3.96. The summed E-state index contributed by atoms with van der Waals surface area (Å²) in [6, 6.07) is 6.66. The van der Waals surface area contributed by atoms with Crippen molar-refractivity contribution in [2.45, 2.75) is 44.4 Å². The Morgan fingerprint density at radius 3 is 2.75 bits per heavy atom. The van der Waals surface area contributed by atoms with E-state index in [2.05, 4.69) is 24.0 Å². The van der Waals surface area contributed by atoms with Crippen molar-refractivity contribution in [3.63, 3.8) is 0 Å². The van der Waals surface area contributed by atoms with Gasteiger partial charge < -0.3 is 18.9 Å². The predicted molar refractivity (Wildman–Crippen MR) is 93.0 cm³/mol. The summed E-state index contributed by atoms with van der Waals surface area (Å²) in [7, 11) is 3.35. The first-order valence-electron chi connectivity index (χ1n) is 8.95. The third-order valence-corrected chi connectivity index (χ3v) is 5.17. The van der Waals surface area contributed by atoms with Crippen molar-refractivity contribution >= 4 is 0 Å². The van der Waals surface area contributed by atoms with Gasteiger partial charge in [0.25, 0.3) is 0 Å². The first-order chi connectivity index (χ1) is 11.8. The summed E-state index contributed by atoms with van der Waals surface area (Å²) in [5.74, 6) is 1.57. The smallest absolute Gasteiger partial charge is 0.160 e. The van der Waals surface area contributed by atoms with Gasteiger partial charge in [-0.05, 0) is 43.9 Å². The van der Waals surface area contributed by atoms with Crippen molar-refractivity contribution in [3.8, 4) is 11.5 Å². The predicted octanol–water partition coefficient (Wildman–Crippen LogP) is 2.51. The second-order valence-corrected chi connectivity index (χ2v) is 6.45. The number of ether oxygens (including phenoxy) is 4. The van der Waals surface area contributed by atoms with Crippen molar-refractivity contribution in [2.75, 3.05) is 40.5 Å². The molecule has 0 aromatic heterocycles. The van der Waals surface area contributed by atoms with Gasteiger partial charge >= 0.3 is 0 Å². The molecule has 5 heteroatoms. The van der Waals surface area contributed by atoms with Crippen molar-refractivity contribution in [3.05, 3.63) is 23.8 Å². The minimum atomic E-state index is 0.225. The molecule has 1 aromatic carbocycles. The van der Waals surface area contributed by atoms with E-state index in [0.29, 0.717) is 6.04 Å². The maximum absolute atomic E-state index is 6.00. The number of methoxy groups -OCH3 is 2. The van der Waals surface area contributed by atoms with Crippen LogP contribution in [0.4, 0.5) is 0 Å². The van der Waals surface area contributed by atoms with Crippen molar-refractivity contribution in [1.29, 1.82) is 0 Å². The maximum Gasteiger partial charge on any atom is 0.160 e. The number of nitrogens with zero attached hydrogens (tertiary/aromatic N) is 1. The van der Waals surface area contributed by atoms with E-state index < -0.39 is 0 Å². The SMILES string of the molecule is CCO[C@H]1[C@H]2CC[C@H]1OCCN2CCc1ccc(OC)c(OC)c1. The third-order valence-electron chi connectivity index (χ3n) is 5.17. The molecule has 24 heavy (non-hydrogen) atoms. The summed E-state index contributed by atoms with van der Waals surface area (Å²) < 4.78 is 22.7. The van der Waals surface area contributed by atoms with Gasteiger partial charge in [-0.25, -0.2) is 0 Å². The minimum absolute atomic E-state index is 0.225. The Kier molecular flexibility index (Phi) is 5.98. The first-order valence-corrected chi connectivity index (χ1v) is 8.95. The zero-order valence-corrected chi connectivity index (χ0v) is 15.0. The molecule has 134 valence electrons. The van der Waals surface area contributed by atoms with Crippen LogP contribution in [0.15, 0.2) is 18.2 Å². The van der Waals surface area contributed by atoms with Gasteiger partial charge in [0.1, 0.15) is 0 Å². The molecule has 2 aliphatic rings. The van der Waals surface area contributed by atoms with E-state index in [1.807, 2.05) is 6.07 Å². The van der Waals surface area contributed by atoms with Gasteiger partial charge in [0.05, 0.1) is 33.0 Å². The Labute approximate surface area is 144 Å². The average Bonchev–Trinajstić information content (AvgIpc) is 2.90. The van der Waals surface area contributed by atoms with Crippen LogP contribution >= 0.6 is 0 Å². The van der Waals surface area contributed by atoms with Crippen molar-refractivity contribution in [2.24, 2.45) is 0 Å². The first kappa shape index (κ1) is 17.5. The Bertz CT molecular complexity index is 536. The van der Waals surface area contributed by atoms with Crippen LogP contribution in [0.3, 0.4) is 0 Å². The summed E-state index contributed by atoms with van der Waals surface area (Å²) in [6.07, 6.45) is 3.77. The molecule has 1 aliphatic carbocycles. The fraction of sp³-hybridized carbons (Fsp3) is 0.684. The number of rotatable bonds is 7. The van der Waals surface area contributed by atoms with Gasteiger partial charge in [-0.1, -0.05) is 6.07 Å². The lowest BCUT2D eigenvalue weighted by Crippen LogP contribution is -2.44. The molecule has 2 fully saturated rings. The molecule has 0 radical (unpaired) electrons. The molecule has 1 aromatic rings. The van der Waals surface area contributed by atoms with Gasteiger partial charge in [0.2, 0.25) is 0 Å². The summed E-state index contributed by atoms with van der Waals surface area (Å²) in [4.78, 5) is 2.55. The second-order valence-electron chi connectivity index (χ2n) is 6.45. The van der Waals surface area contributed by atoms with Crippen LogP contribution in [-0.4, -0.2) is 63.7 Å². The lowest BCUT2D eigenvalue weighted by Gasteiger charge is -2.31. The molecule has 3 atom stereocenters. The van der Waals surface area contributed by atoms with E-state index in [0.717, 1.165) is 50.6 Å². The van der Waals surface area contributed by atoms with Gasteiger partial charge in [-0.2, -0.15) is 0 Å². The van der Waals surface area contributed by atoms with Crippen LogP contribution < -0.4 is 9.47 Å². The van der Waals surface area contributed by atoms with Crippen LogP contribution in [0.25, 0.3) is 0 Å². The van der Waals surface area contributed by atoms with Crippen LogP contribution in [0.2, 0.25) is 0 Å². The fourth-order valence-corrected chi connectivity index (χ4v) is 3.96. The van der Waals surface area contributed by atoms with Crippen molar-refractivity contribution in [1.82, 2.24) is 4.90 Å². The Morgan fingerprint density at radius 2 is 2.00 bits per heavy atom. The van der Waals surface area contributed by atoms with Crippen molar-refractivity contribution < 1.29 is 18.9 Å². The summed E-state index contributed by atoms with van der Waals surface area (Å²) in [5.41, 5.74) is 1.26. The largest absolute Gasteiger partial charge is 0.493 e. The monoisotopic (exact) mass is 335 g/mol. The van der Waals surface area contributed by atoms with E-state index in [-0.39, 0.29) is 12.2 Å². The highest BCUT2D eigenvalue weighted by Gasteiger charge is 2.42. The average molecular weight is 335 g/mol. The molecular formula is C19H29NO4. The molecule has 2 bridgehead atoms. The summed E-state index contributed by atoms with van der Waals surface area (Å²) in [5, 5.41) is 0. The minimum Gasteiger partial charge on any atom is -0.493 e. The normalized spacial score (nSPS) is 27.0. The highest BCUT2D eigenvalue weighted by molar-refractivity contribution is 5.42. The molecular weight excluding hydrogens is 306 g/mol. The molecule has 0 spiro atoms. The van der Waals surface area contributed by atoms with Gasteiger partial charge in [-0.15, -0.1) is 0 Å². The lowest BCUT2D eigenvalue weighted by molar-refractivity contribution is -0.0494. The van der Waals surface area contributed by atoms with Crippen LogP contribution in [0.1, 0.15) is 25.3 Å². The maximum atomic E-state index is 6.00. The molecule has 0 unspecified atom stereocenters. The highest BCUT2D eigenvalue weighted by Crippen LogP contribution is 2.32. The third kappa shape index (κ3) is 3.68. The standard InChI is InChI=1S/C19H29NO4/c1-4-23-19-15-6-8-17(19)24-12-11-20(15)10-9-14-5-7-16(21-2)18(13-14)22-3/h5,7,13,15,17,19H,4,6,8-12H2,1-3H3/t15-,17-,19+/m1/s1. The molecule has 0 N–H and O–H groups in total. The van der Waals surface area contributed by atoms with E-state index in [1.165, 1.54) is 12.0 Å². The number of hydrogen-bond donors (Lipinski definition) is 0. The van der Waals surface area contributed by atoms with Crippen LogP contribution in [0.5, 0.6) is 11.5 Å². The summed E-state index contributed by atoms with van der Waals surface area (Å²) in [6.45, 7) is 5.62. The molecule has 1 heterocycles. The van der Waals surface area contributed by atoms with E-state index >= 15 is 0 Å². The molecule has 0 amide bonds. The molecule has 1 saturated carbocycles. The number of fused-ring (bicyclic) bond motifs is 2. The number of hydrogen-bond acceptors (Lipinski definition) is 5. The van der Waals surface area contributed by atoms with E-state index in [4.69, 9.17) is 18.9 Å². The molecule has 1 aliphatic heterocycles. The Hall–Kier alpha value is -1.30. The highest BCUT2D eigenvalue weighted by atomic mass is 16.5. The van der Waals surface area contributed by atoms with Crippen LogP contribution in [-0.2, 0) is 15.9 Å². The van der Waals surface area contributed by atoms with Crippen LogP contribution in [0, 0.1) is 0 Å². The topological polar surface area (TPSA) is 40.2 Å². The van der Waals surface area contributed by atoms with E-state index in [9.17, 15) is 0 Å². The quantitative estimate of drug-likeness (QED) is 0.766. The van der Waals surface area contributed by atoms with Gasteiger partial charge in [0.15, 0.2) is 11.5 Å². The molecule has 1 saturated heterocycles. The number of benzene rings is 1. The van der Waals surface area contributed by atoms with Gasteiger partial charge in [-0.3, -0.25) is 4.90 Å². The molecule has 3 rings (SSSR count). The zero-order chi connectivity index (χ0) is 16.9. The van der Waals surface area contributed by atoms with E-state index in [1.54, 1.807) is 14.2 Å². The summed E-state index contributed by atoms with van der Waals surface area (Å²) >= 11 is 0. The lowest BCUT2D eigenvalue weighted by atomic mass is 10.1. The Morgan fingerprint density at radius 1 is 1.17 bits per heavy atom. The zero-order valence-electron chi connectivity index (χ0n) is 15.0.